The van der Waals surface area contributed by atoms with E-state index in [9.17, 15) is 24.0 Å². The van der Waals surface area contributed by atoms with E-state index in [-0.39, 0.29) is 18.3 Å². The van der Waals surface area contributed by atoms with Gasteiger partial charge in [0.05, 0.1) is 0 Å². The van der Waals surface area contributed by atoms with Crippen LogP contribution in [0.25, 0.3) is 0 Å². The number of fused-ring (bicyclic) bond motifs is 3. The molecule has 0 spiro atoms. The molecule has 0 saturated carbocycles. The van der Waals surface area contributed by atoms with Crippen LogP contribution >= 0.6 is 21.6 Å². The Hall–Kier alpha value is -2.73. The molecule has 2 aliphatic heterocycles. The van der Waals surface area contributed by atoms with Crippen LogP contribution < -0.4 is 26.6 Å². The Balaban J connectivity index is 2.00. The van der Waals surface area contributed by atoms with Gasteiger partial charge in [-0.1, -0.05) is 86.0 Å². The number of benzene rings is 1. The van der Waals surface area contributed by atoms with Crippen molar-refractivity contribution in [3.63, 3.8) is 0 Å². The molecule has 39 heavy (non-hydrogen) atoms. The first-order chi connectivity index (χ1) is 18.6. The summed E-state index contributed by atoms with van der Waals surface area (Å²) in [5, 5.41) is 14.0. The molecule has 5 N–H and O–H groups in total. The van der Waals surface area contributed by atoms with E-state index in [0.717, 1.165) is 5.56 Å². The van der Waals surface area contributed by atoms with Gasteiger partial charge in [0, 0.05) is 17.9 Å². The van der Waals surface area contributed by atoms with Crippen LogP contribution in [0.2, 0.25) is 0 Å². The molecule has 12 heteroatoms. The van der Waals surface area contributed by atoms with E-state index in [1.54, 1.807) is 0 Å². The van der Waals surface area contributed by atoms with Crippen LogP contribution in [0.4, 0.5) is 0 Å². The normalized spacial score (nSPS) is 28.0. The number of carbonyl (C=O) groups excluding carboxylic acids is 5. The fourth-order valence-electron chi connectivity index (χ4n) is 4.39. The quantitative estimate of drug-likeness (QED) is 0.319. The molecule has 2 aliphatic rings. The third-order valence-electron chi connectivity index (χ3n) is 6.87. The van der Waals surface area contributed by atoms with Crippen molar-refractivity contribution < 1.29 is 24.0 Å². The Kier molecular flexibility index (Phi) is 11.5. The van der Waals surface area contributed by atoms with E-state index in [2.05, 4.69) is 26.6 Å². The zero-order valence-corrected chi connectivity index (χ0v) is 24.5. The zero-order valence-electron chi connectivity index (χ0n) is 22.8. The Labute approximate surface area is 237 Å². The molecule has 2 heterocycles. The SMILES string of the molecule is CC[C@H](C)[C@@H]1NC(=O)[C@@H](CC(C)C)NC(=O)[C@H](Cc2ccccc2)NC(=O)[C@H]2CSSC[C@@H](NC1=O)C(=O)N2. The first-order valence-electron chi connectivity index (χ1n) is 13.4. The van der Waals surface area contributed by atoms with Crippen molar-refractivity contribution in [2.75, 3.05) is 11.5 Å². The molecule has 5 amide bonds. The molecule has 1 aromatic rings. The standard InChI is InChI=1S/C27H39N5O5S2/c1-5-16(4)22-27(37)31-21-14-39-38-13-20(30-26(21)36)25(35)29-19(12-17-9-7-6-8-10-17)23(33)28-18(11-15(2)3)24(34)32-22/h6-10,15-16,18-22H,5,11-14H2,1-4H3,(H,28,33)(H,29,35)(H,30,36)(H,31,37)(H,32,34)/t16-,18+,19-,20+,21+,22-/m0/s1. The van der Waals surface area contributed by atoms with Crippen LogP contribution in [0.5, 0.6) is 0 Å². The first-order valence-corrected chi connectivity index (χ1v) is 15.9. The number of hydrogen-bond donors (Lipinski definition) is 5. The highest BCUT2D eigenvalue weighted by Crippen LogP contribution is 2.25. The Morgan fingerprint density at radius 3 is 1.85 bits per heavy atom. The van der Waals surface area contributed by atoms with Gasteiger partial charge in [0.15, 0.2) is 0 Å². The van der Waals surface area contributed by atoms with Gasteiger partial charge in [-0.05, 0) is 23.8 Å². The van der Waals surface area contributed by atoms with Crippen molar-refractivity contribution in [2.24, 2.45) is 11.8 Å². The lowest BCUT2D eigenvalue weighted by Crippen LogP contribution is -2.60. The zero-order chi connectivity index (χ0) is 28.5. The van der Waals surface area contributed by atoms with Crippen LogP contribution in [-0.2, 0) is 30.4 Å². The summed E-state index contributed by atoms with van der Waals surface area (Å²) in [6.45, 7) is 7.65. The highest BCUT2D eigenvalue weighted by molar-refractivity contribution is 8.76. The van der Waals surface area contributed by atoms with Crippen molar-refractivity contribution in [3.8, 4) is 0 Å². The summed E-state index contributed by atoms with van der Waals surface area (Å²) in [7, 11) is 2.79. The van der Waals surface area contributed by atoms with Gasteiger partial charge in [-0.2, -0.15) is 0 Å². The third-order valence-corrected chi connectivity index (χ3v) is 9.29. The lowest BCUT2D eigenvalue weighted by molar-refractivity contribution is -0.134. The Morgan fingerprint density at radius 2 is 1.26 bits per heavy atom. The predicted molar refractivity (Wildman–Crippen MR) is 154 cm³/mol. The number of amides is 5. The van der Waals surface area contributed by atoms with E-state index >= 15 is 0 Å². The monoisotopic (exact) mass is 577 g/mol. The second-order valence-corrected chi connectivity index (χ2v) is 13.1. The average molecular weight is 578 g/mol. The van der Waals surface area contributed by atoms with Crippen LogP contribution in [0.3, 0.4) is 0 Å². The van der Waals surface area contributed by atoms with Gasteiger partial charge in [-0.25, -0.2) is 0 Å². The van der Waals surface area contributed by atoms with Gasteiger partial charge in [0.1, 0.15) is 30.2 Å². The van der Waals surface area contributed by atoms with E-state index in [1.165, 1.54) is 21.6 Å². The number of hydrogen-bond acceptors (Lipinski definition) is 7. The van der Waals surface area contributed by atoms with Crippen molar-refractivity contribution in [1.82, 2.24) is 26.6 Å². The fraction of sp³-hybridized carbons (Fsp3) is 0.593. The molecule has 2 saturated heterocycles. The number of carbonyl (C=O) groups is 5. The molecule has 0 aliphatic carbocycles. The molecule has 3 rings (SSSR count). The predicted octanol–water partition coefficient (Wildman–Crippen LogP) is 1.15. The molecule has 0 radical (unpaired) electrons. The fourth-order valence-corrected chi connectivity index (χ4v) is 6.72. The van der Waals surface area contributed by atoms with Crippen molar-refractivity contribution in [1.29, 1.82) is 0 Å². The largest absolute Gasteiger partial charge is 0.343 e. The average Bonchev–Trinajstić information content (AvgIpc) is 2.89. The topological polar surface area (TPSA) is 146 Å². The van der Waals surface area contributed by atoms with E-state index < -0.39 is 59.7 Å². The van der Waals surface area contributed by atoms with Gasteiger partial charge in [-0.15, -0.1) is 0 Å². The molecule has 2 fully saturated rings. The molecule has 0 aromatic heterocycles. The number of nitrogens with one attached hydrogen (secondary N) is 5. The van der Waals surface area contributed by atoms with E-state index in [0.29, 0.717) is 24.3 Å². The van der Waals surface area contributed by atoms with Crippen LogP contribution in [0, 0.1) is 11.8 Å². The minimum Gasteiger partial charge on any atom is -0.343 e. The maximum atomic E-state index is 13.6. The molecule has 6 atom stereocenters. The van der Waals surface area contributed by atoms with Crippen molar-refractivity contribution in [3.05, 3.63) is 35.9 Å². The number of rotatable bonds is 6. The molecule has 0 unspecified atom stereocenters. The maximum absolute atomic E-state index is 13.6. The highest BCUT2D eigenvalue weighted by atomic mass is 33.1. The van der Waals surface area contributed by atoms with Crippen molar-refractivity contribution >= 4 is 51.1 Å². The van der Waals surface area contributed by atoms with E-state index in [4.69, 9.17) is 0 Å². The minimum absolute atomic E-state index is 0.0694. The second-order valence-electron chi connectivity index (χ2n) is 10.5. The summed E-state index contributed by atoms with van der Waals surface area (Å²) in [5.74, 6) is -2.00. The molecular formula is C27H39N5O5S2. The summed E-state index contributed by atoms with van der Waals surface area (Å²) in [6, 6.07) is 4.70. The summed E-state index contributed by atoms with van der Waals surface area (Å²) in [5.41, 5.74) is 0.832. The molecule has 214 valence electrons. The molecule has 1 aromatic carbocycles. The van der Waals surface area contributed by atoms with E-state index in [1.807, 2.05) is 58.0 Å². The molecular weight excluding hydrogens is 538 g/mol. The minimum atomic E-state index is -0.978. The smallest absolute Gasteiger partial charge is 0.244 e. The van der Waals surface area contributed by atoms with Gasteiger partial charge < -0.3 is 26.6 Å². The van der Waals surface area contributed by atoms with Gasteiger partial charge >= 0.3 is 0 Å². The second kappa shape index (κ2) is 14.6. The van der Waals surface area contributed by atoms with Gasteiger partial charge in [0.2, 0.25) is 29.5 Å². The van der Waals surface area contributed by atoms with Crippen LogP contribution in [0.1, 0.15) is 46.1 Å². The lowest BCUT2D eigenvalue weighted by Gasteiger charge is -2.29. The summed E-state index contributed by atoms with van der Waals surface area (Å²) < 4.78 is 0. The molecule has 10 nitrogen and oxygen atoms in total. The molecule has 2 bridgehead atoms. The van der Waals surface area contributed by atoms with Crippen molar-refractivity contribution in [2.45, 2.75) is 77.2 Å². The lowest BCUT2D eigenvalue weighted by atomic mass is 9.96. The summed E-state index contributed by atoms with van der Waals surface area (Å²) in [4.78, 5) is 66.9. The summed E-state index contributed by atoms with van der Waals surface area (Å²) >= 11 is 0. The summed E-state index contributed by atoms with van der Waals surface area (Å²) in [6.07, 6.45) is 1.16. The Bertz CT molecular complexity index is 1040. The first kappa shape index (κ1) is 30.8. The highest BCUT2D eigenvalue weighted by Gasteiger charge is 2.36. The van der Waals surface area contributed by atoms with Crippen LogP contribution in [0.15, 0.2) is 30.3 Å². The Morgan fingerprint density at radius 1 is 0.718 bits per heavy atom. The van der Waals surface area contributed by atoms with Crippen LogP contribution in [-0.4, -0.2) is 71.3 Å². The third kappa shape index (κ3) is 8.89. The maximum Gasteiger partial charge on any atom is 0.244 e. The van der Waals surface area contributed by atoms with Gasteiger partial charge in [0.25, 0.3) is 0 Å². The van der Waals surface area contributed by atoms with Gasteiger partial charge in [-0.3, -0.25) is 24.0 Å².